The van der Waals surface area contributed by atoms with Crippen LogP contribution in [0.15, 0.2) is 361 Å². The van der Waals surface area contributed by atoms with Gasteiger partial charge < -0.3 is 19.7 Å². The summed E-state index contributed by atoms with van der Waals surface area (Å²) in [5, 5.41) is 19.9. The average Bonchev–Trinajstić information content (AvgIpc) is 1.66. The third kappa shape index (κ3) is 24.3. The van der Waals surface area contributed by atoms with Crippen LogP contribution in [0.4, 0.5) is 0 Å². The molecule has 124 heavy (non-hydrogen) atoms. The number of carbonyl (C=O) groups excluding carboxylic acids is 6. The molecule has 2 aliphatic heterocycles. The standard InChI is InChI=1S/C16H13BrO.2C16H16O2.2C16H14O.C16H12O.C9H9BrO.C7H6O/c1-12-7-9-14(15(17)11-12)16(18)10-8-13-5-3-2-4-6-13;2*1-11-7-8-15-14(9-11)13(10-16(17)18-15)12-5-3-2-4-6-12;3*1-11-7-8-13-15(9-11)14(10-16(13)17)12-5-3-2-4-6-12;1-6-3-4-8(7(2)11)9(10)5-6;8-6-7-4-2-1-3-5-7/h2-11H,1H3;2-5,7-9,12-13H,6,10H2,1H3;2-9,13,16-17H,10H2,1H3;2-9,14H,10H2,1H3;2-10,16-17H,1H3;2-10H,1H3;3-5H,1-2H3;1-6H/b10-8+;;;;;;;/t;12?,13-;13-,16?;14-;16-;;;/m.1111.../s1. The highest BCUT2D eigenvalue weighted by Gasteiger charge is 2.34. The van der Waals surface area contributed by atoms with Crippen LogP contribution in [-0.4, -0.2) is 51.9 Å². The topological polar surface area (TPSA) is 161 Å². The quantitative estimate of drug-likeness (QED) is 0.0443. The fraction of sp³-hybridized carbons (Fsp3) is 0.161. The van der Waals surface area contributed by atoms with Crippen LogP contribution in [0.2, 0.25) is 0 Å². The van der Waals surface area contributed by atoms with Crippen molar-refractivity contribution >= 4 is 84.5 Å². The van der Waals surface area contributed by atoms with Crippen molar-refractivity contribution in [3.63, 3.8) is 0 Å². The molecule has 10 nitrogen and oxygen atoms in total. The number of allylic oxidation sites excluding steroid dienone is 6. The summed E-state index contributed by atoms with van der Waals surface area (Å²) in [6, 6.07) is 102. The summed E-state index contributed by atoms with van der Waals surface area (Å²) in [4.78, 5) is 68.5. The molecule has 0 spiro atoms. The van der Waals surface area contributed by atoms with E-state index in [0.717, 1.165) is 111 Å². The van der Waals surface area contributed by atoms with E-state index in [2.05, 4.69) is 151 Å². The molecule has 13 aromatic carbocycles. The molecule has 6 atom stereocenters. The normalized spacial score (nSPS) is 16.7. The largest absolute Gasteiger partial charge is 0.465 e. The first-order chi connectivity index (χ1) is 59.9. The highest BCUT2D eigenvalue weighted by atomic mass is 79.9. The first-order valence-electron chi connectivity index (χ1n) is 41.6. The van der Waals surface area contributed by atoms with Gasteiger partial charge in [-0.25, -0.2) is 0 Å². The Morgan fingerprint density at radius 3 is 1.47 bits per heavy atom. The molecule has 0 fully saturated rings. The molecule has 0 radical (unpaired) electrons. The Labute approximate surface area is 745 Å². The van der Waals surface area contributed by atoms with Gasteiger partial charge in [-0.15, -0.1) is 0 Å². The summed E-state index contributed by atoms with van der Waals surface area (Å²) in [7, 11) is 0. The maximum absolute atomic E-state index is 12.0. The molecule has 2 heterocycles. The van der Waals surface area contributed by atoms with Crippen LogP contribution in [0.5, 0.6) is 11.5 Å². The predicted molar refractivity (Wildman–Crippen MR) is 508 cm³/mol. The molecular weight excluding hydrogens is 1670 g/mol. The summed E-state index contributed by atoms with van der Waals surface area (Å²) < 4.78 is 12.5. The lowest BCUT2D eigenvalue weighted by molar-refractivity contribution is -0.136. The van der Waals surface area contributed by atoms with Crippen LogP contribution in [0.3, 0.4) is 0 Å². The second-order valence-corrected chi connectivity index (χ2v) is 33.2. The van der Waals surface area contributed by atoms with E-state index in [0.29, 0.717) is 30.7 Å². The van der Waals surface area contributed by atoms with E-state index in [4.69, 9.17) is 9.47 Å². The summed E-state index contributed by atoms with van der Waals surface area (Å²) in [5.41, 5.74) is 26.9. The Balaban J connectivity index is 0.000000130. The number of ketones is 4. The van der Waals surface area contributed by atoms with Crippen LogP contribution in [0.1, 0.15) is 208 Å². The van der Waals surface area contributed by atoms with Gasteiger partial charge in [-0.1, -0.05) is 369 Å². The van der Waals surface area contributed by atoms with Crippen LogP contribution < -0.4 is 9.47 Å². The van der Waals surface area contributed by atoms with Gasteiger partial charge in [-0.3, -0.25) is 28.8 Å². The number of hydrogen-bond acceptors (Lipinski definition) is 10. The zero-order valence-corrected chi connectivity index (χ0v) is 74.0. The van der Waals surface area contributed by atoms with E-state index in [9.17, 15) is 39.0 Å². The number of aldehydes is 1. The molecule has 0 aromatic heterocycles. The Kier molecular flexibility index (Phi) is 31.8. The lowest BCUT2D eigenvalue weighted by atomic mass is 9.78. The van der Waals surface area contributed by atoms with Gasteiger partial charge in [0.1, 0.15) is 17.8 Å². The maximum atomic E-state index is 12.0. The molecule has 622 valence electrons. The minimum Gasteiger partial charge on any atom is -0.465 e. The van der Waals surface area contributed by atoms with E-state index in [-0.39, 0.29) is 46.9 Å². The van der Waals surface area contributed by atoms with Gasteiger partial charge in [0, 0.05) is 72.9 Å². The van der Waals surface area contributed by atoms with Crippen molar-refractivity contribution in [3.8, 4) is 11.5 Å². The van der Waals surface area contributed by atoms with Crippen molar-refractivity contribution in [2.75, 3.05) is 0 Å². The third-order valence-corrected chi connectivity index (χ3v) is 23.3. The number of fused-ring (bicyclic) bond motifs is 5. The minimum absolute atomic E-state index is 0.00530. The van der Waals surface area contributed by atoms with Crippen molar-refractivity contribution in [2.24, 2.45) is 5.92 Å². The molecule has 4 aliphatic carbocycles. The number of halogens is 2. The van der Waals surface area contributed by atoms with Gasteiger partial charge in [0.05, 0.1) is 12.5 Å². The number of aliphatic hydroxyl groups excluding tert-OH is 2. The van der Waals surface area contributed by atoms with Crippen LogP contribution in [-0.2, 0) is 4.79 Å². The first-order valence-corrected chi connectivity index (χ1v) is 43.2. The average molecular weight is 1770 g/mol. The van der Waals surface area contributed by atoms with Gasteiger partial charge in [0.15, 0.2) is 29.4 Å². The number of hydrogen-bond donors (Lipinski definition) is 2. The summed E-state index contributed by atoms with van der Waals surface area (Å²) in [6.45, 7) is 15.9. The van der Waals surface area contributed by atoms with Gasteiger partial charge in [-0.05, 0) is 194 Å². The number of Topliss-reactive ketones (excluding diaryl/α,β-unsaturated/α-hetero) is 2. The second kappa shape index (κ2) is 43.7. The molecule has 0 amide bonds. The molecule has 19 rings (SSSR count). The number of carbonyl (C=O) groups is 6. The van der Waals surface area contributed by atoms with Gasteiger partial charge in [0.25, 0.3) is 0 Å². The Morgan fingerprint density at radius 2 is 0.911 bits per heavy atom. The molecule has 0 bridgehead atoms. The number of rotatable bonds is 10. The Morgan fingerprint density at radius 1 is 0.435 bits per heavy atom. The number of benzene rings is 13. The highest BCUT2D eigenvalue weighted by molar-refractivity contribution is 9.10. The van der Waals surface area contributed by atoms with E-state index in [1.165, 1.54) is 55.6 Å². The highest BCUT2D eigenvalue weighted by Crippen LogP contribution is 2.45. The van der Waals surface area contributed by atoms with E-state index < -0.39 is 12.4 Å². The Bertz CT molecular complexity index is 6100. The lowest BCUT2D eigenvalue weighted by Gasteiger charge is -2.30. The third-order valence-electron chi connectivity index (χ3n) is 22.0. The summed E-state index contributed by atoms with van der Waals surface area (Å²) in [6.07, 6.45) is 18.0. The SMILES string of the molecule is CC(=O)c1ccc(C)cc1Br.Cc1ccc(C(=O)/C=C/c2ccccc2)c(Br)c1.Cc1ccc2c(c1)C(c1ccccc1)=CC2=O.Cc1ccc2c(c1)C(c1ccccc1)=C[C@H]2O.Cc1ccc2c(c1)[C@@H](C1C=CC=CC1)CC(=O)O2.Cc1ccc2c(c1)[C@@H](c1ccccc1)CC(O)O2.Cc1ccc2c(c1)[C@@H](c1ccccc1)CC2=O.O=Cc1ccccc1. The smallest absolute Gasteiger partial charge is 0.311 e. The lowest BCUT2D eigenvalue weighted by Crippen LogP contribution is -2.25. The van der Waals surface area contributed by atoms with Gasteiger partial charge in [-0.2, -0.15) is 0 Å². The molecule has 12 heteroatoms. The first kappa shape index (κ1) is 90.3. The summed E-state index contributed by atoms with van der Waals surface area (Å²) in [5.74, 6) is 3.03. The fourth-order valence-corrected chi connectivity index (χ4v) is 17.1. The Hall–Kier alpha value is -12.9. The summed E-state index contributed by atoms with van der Waals surface area (Å²) >= 11 is 6.75. The van der Waals surface area contributed by atoms with Crippen molar-refractivity contribution in [1.82, 2.24) is 0 Å². The van der Waals surface area contributed by atoms with Crippen LogP contribution >= 0.6 is 31.9 Å². The minimum atomic E-state index is -0.717. The van der Waals surface area contributed by atoms with Crippen molar-refractivity contribution in [3.05, 3.63) is 489 Å². The maximum Gasteiger partial charge on any atom is 0.311 e. The van der Waals surface area contributed by atoms with Crippen LogP contribution in [0, 0.1) is 54.4 Å². The predicted octanol–water partition coefficient (Wildman–Crippen LogP) is 26.7. The zero-order chi connectivity index (χ0) is 87.8. The fourth-order valence-electron chi connectivity index (χ4n) is 15.7. The molecule has 0 saturated heterocycles. The zero-order valence-electron chi connectivity index (χ0n) is 70.8. The molecule has 13 aromatic rings. The molecule has 0 saturated carbocycles. The van der Waals surface area contributed by atoms with Gasteiger partial charge in [0.2, 0.25) is 0 Å². The van der Waals surface area contributed by atoms with E-state index in [1.54, 1.807) is 31.2 Å². The molecular formula is C112H100Br2O10. The van der Waals surface area contributed by atoms with E-state index >= 15 is 0 Å². The molecule has 2 N–H and O–H groups in total. The molecule has 2 unspecified atom stereocenters. The van der Waals surface area contributed by atoms with Crippen molar-refractivity contribution in [2.45, 2.75) is 111 Å². The molecule has 6 aliphatic rings. The van der Waals surface area contributed by atoms with Gasteiger partial charge >= 0.3 is 5.97 Å². The monoisotopic (exact) mass is 1760 g/mol. The second-order valence-electron chi connectivity index (χ2n) is 31.5. The van der Waals surface area contributed by atoms with E-state index in [1.807, 2.05) is 263 Å². The van der Waals surface area contributed by atoms with Crippen molar-refractivity contribution in [1.29, 1.82) is 0 Å². The number of ether oxygens (including phenoxy) is 2. The van der Waals surface area contributed by atoms with Crippen LogP contribution in [0.25, 0.3) is 17.2 Å². The number of esters is 1. The van der Waals surface area contributed by atoms with Crippen molar-refractivity contribution < 1.29 is 48.5 Å². The number of aryl methyl sites for hydroxylation is 7. The number of aliphatic hydroxyl groups is 2.